The standard InChI is InChI=1S/C25H27N3O8/c29-19-16-13(7-14-23(19)36-9-35-14)15-17(20(30)22(32)21(31)18(15)28-25(16)34)27-24(33)11-3-1-2-10(6-11)8-26-12-4-5-12/h1-3,6-7,12,15,17-18,20-22,26,29-32H,4-5,8-9H2,(H,27,33)(H,28,34)/t15-,17+,18+,20-,21-,22+/m0/s1. The molecule has 2 fully saturated rings. The van der Waals surface area contributed by atoms with Gasteiger partial charge in [0.15, 0.2) is 11.5 Å². The Bertz CT molecular complexity index is 1230. The van der Waals surface area contributed by atoms with Gasteiger partial charge in [0.25, 0.3) is 11.8 Å². The van der Waals surface area contributed by atoms with Crippen molar-refractivity contribution in [2.24, 2.45) is 0 Å². The zero-order chi connectivity index (χ0) is 25.1. The van der Waals surface area contributed by atoms with Crippen LogP contribution >= 0.6 is 0 Å². The number of nitrogens with one attached hydrogen (secondary N) is 3. The summed E-state index contributed by atoms with van der Waals surface area (Å²) in [6, 6.07) is 6.96. The summed E-state index contributed by atoms with van der Waals surface area (Å²) in [7, 11) is 0. The molecule has 2 aliphatic heterocycles. The number of ether oxygens (including phenoxy) is 2. The number of aliphatic hydroxyl groups excluding tert-OH is 3. The summed E-state index contributed by atoms with van der Waals surface area (Å²) < 4.78 is 10.7. The van der Waals surface area contributed by atoms with Crippen molar-refractivity contribution in [3.8, 4) is 17.2 Å². The molecular formula is C25H27N3O8. The number of amides is 2. The summed E-state index contributed by atoms with van der Waals surface area (Å²) in [5.74, 6) is -2.24. The Morgan fingerprint density at radius 1 is 1.08 bits per heavy atom. The van der Waals surface area contributed by atoms with Crippen molar-refractivity contribution >= 4 is 11.8 Å². The lowest BCUT2D eigenvalue weighted by Gasteiger charge is -2.49. The fourth-order valence-electron chi connectivity index (χ4n) is 5.39. The van der Waals surface area contributed by atoms with Crippen LogP contribution in [0.2, 0.25) is 0 Å². The van der Waals surface area contributed by atoms with Gasteiger partial charge in [-0.3, -0.25) is 9.59 Å². The van der Waals surface area contributed by atoms with Gasteiger partial charge in [-0.1, -0.05) is 12.1 Å². The van der Waals surface area contributed by atoms with E-state index in [1.807, 2.05) is 6.07 Å². The molecular weight excluding hydrogens is 470 g/mol. The highest BCUT2D eigenvalue weighted by molar-refractivity contribution is 6.02. The van der Waals surface area contributed by atoms with Crippen molar-refractivity contribution in [1.29, 1.82) is 0 Å². The number of hydrogen-bond donors (Lipinski definition) is 7. The molecule has 2 aromatic rings. The van der Waals surface area contributed by atoms with E-state index in [9.17, 15) is 30.0 Å². The molecule has 11 nitrogen and oxygen atoms in total. The molecule has 2 saturated carbocycles. The van der Waals surface area contributed by atoms with E-state index in [1.54, 1.807) is 18.2 Å². The first-order chi connectivity index (χ1) is 17.3. The molecule has 0 bridgehead atoms. The Morgan fingerprint density at radius 3 is 2.67 bits per heavy atom. The molecule has 36 heavy (non-hydrogen) atoms. The Labute approximate surface area is 206 Å². The summed E-state index contributed by atoms with van der Waals surface area (Å²) in [5.41, 5.74) is 1.47. The number of carbonyl (C=O) groups is 2. The summed E-state index contributed by atoms with van der Waals surface area (Å²) in [6.07, 6.45) is -2.41. The van der Waals surface area contributed by atoms with Gasteiger partial charge in [-0.15, -0.1) is 0 Å². The molecule has 2 aromatic carbocycles. The van der Waals surface area contributed by atoms with Gasteiger partial charge in [-0.05, 0) is 42.2 Å². The molecule has 2 amide bonds. The maximum atomic E-state index is 13.3. The van der Waals surface area contributed by atoms with Crippen LogP contribution in [0, 0.1) is 0 Å². The predicted molar refractivity (Wildman–Crippen MR) is 124 cm³/mol. The number of aromatic hydroxyl groups is 1. The van der Waals surface area contributed by atoms with Gasteiger partial charge in [-0.25, -0.2) is 0 Å². The summed E-state index contributed by atoms with van der Waals surface area (Å²) in [5, 5.41) is 51.7. The molecule has 190 valence electrons. The van der Waals surface area contributed by atoms with Crippen LogP contribution in [0.3, 0.4) is 0 Å². The first kappa shape index (κ1) is 23.0. The van der Waals surface area contributed by atoms with Crippen LogP contribution in [0.5, 0.6) is 17.2 Å². The van der Waals surface area contributed by atoms with Crippen molar-refractivity contribution in [2.75, 3.05) is 6.79 Å². The van der Waals surface area contributed by atoms with E-state index in [1.165, 1.54) is 6.07 Å². The lowest BCUT2D eigenvalue weighted by atomic mass is 9.68. The maximum absolute atomic E-state index is 13.3. The minimum Gasteiger partial charge on any atom is -0.504 e. The van der Waals surface area contributed by atoms with Crippen molar-refractivity contribution in [3.63, 3.8) is 0 Å². The second-order valence-corrected chi connectivity index (χ2v) is 9.77. The van der Waals surface area contributed by atoms with Crippen molar-refractivity contribution in [3.05, 3.63) is 52.6 Å². The number of aliphatic hydroxyl groups is 3. The van der Waals surface area contributed by atoms with Crippen molar-refractivity contribution in [1.82, 2.24) is 16.0 Å². The third-order valence-electron chi connectivity index (χ3n) is 7.42. The maximum Gasteiger partial charge on any atom is 0.255 e. The molecule has 6 rings (SSSR count). The van der Waals surface area contributed by atoms with Gasteiger partial charge in [0.2, 0.25) is 12.5 Å². The zero-order valence-corrected chi connectivity index (χ0v) is 19.2. The number of rotatable bonds is 5. The Kier molecular flexibility index (Phi) is 5.52. The molecule has 0 radical (unpaired) electrons. The first-order valence-electron chi connectivity index (χ1n) is 12.0. The topological polar surface area (TPSA) is 170 Å². The average Bonchev–Trinajstić information content (AvgIpc) is 3.58. The first-order valence-corrected chi connectivity index (χ1v) is 12.0. The van der Waals surface area contributed by atoms with E-state index >= 15 is 0 Å². The number of benzene rings is 2. The number of phenolic OH excluding ortho intramolecular Hbond substituents is 1. The minimum absolute atomic E-state index is 0.0245. The lowest BCUT2D eigenvalue weighted by molar-refractivity contribution is -0.117. The second-order valence-electron chi connectivity index (χ2n) is 9.77. The van der Waals surface area contributed by atoms with Crippen LogP contribution in [0.1, 0.15) is 50.6 Å². The van der Waals surface area contributed by atoms with Crippen molar-refractivity contribution in [2.45, 2.75) is 61.7 Å². The minimum atomic E-state index is -1.63. The molecule has 7 N–H and O–H groups in total. The SMILES string of the molecule is O=C(N[C@H]1[C@H](O)[C@@H](O)[C@@H](O)[C@@H]2NC(=O)c3c(cc4c(c3O)OCO4)[C@@H]12)c1cccc(CNC2CC2)c1. The molecule has 0 unspecified atom stereocenters. The van der Waals surface area contributed by atoms with Crippen LogP contribution in [-0.2, 0) is 6.54 Å². The number of hydrogen-bond acceptors (Lipinski definition) is 9. The number of fused-ring (bicyclic) bond motifs is 4. The molecule has 4 aliphatic rings. The van der Waals surface area contributed by atoms with Crippen molar-refractivity contribution < 1.29 is 39.5 Å². The second kappa shape index (κ2) is 8.63. The van der Waals surface area contributed by atoms with Crippen LogP contribution in [0.4, 0.5) is 0 Å². The molecule has 6 atom stereocenters. The third-order valence-corrected chi connectivity index (χ3v) is 7.42. The van der Waals surface area contributed by atoms with Gasteiger partial charge in [-0.2, -0.15) is 0 Å². The fourth-order valence-corrected chi connectivity index (χ4v) is 5.39. The predicted octanol–water partition coefficient (Wildman–Crippen LogP) is -0.537. The monoisotopic (exact) mass is 497 g/mol. The Balaban J connectivity index is 1.34. The van der Waals surface area contributed by atoms with Crippen LogP contribution in [0.15, 0.2) is 30.3 Å². The van der Waals surface area contributed by atoms with E-state index < -0.39 is 53.9 Å². The largest absolute Gasteiger partial charge is 0.504 e. The number of phenols is 1. The van der Waals surface area contributed by atoms with Crippen LogP contribution < -0.4 is 25.4 Å². The lowest BCUT2D eigenvalue weighted by Crippen LogP contribution is -2.69. The Hall–Kier alpha value is -3.38. The van der Waals surface area contributed by atoms with E-state index in [2.05, 4.69) is 16.0 Å². The van der Waals surface area contributed by atoms with Crippen LogP contribution in [0.25, 0.3) is 0 Å². The Morgan fingerprint density at radius 2 is 1.89 bits per heavy atom. The van der Waals surface area contributed by atoms with Gasteiger partial charge < -0.3 is 45.9 Å². The smallest absolute Gasteiger partial charge is 0.255 e. The van der Waals surface area contributed by atoms with Crippen LogP contribution in [-0.4, -0.2) is 75.5 Å². The van der Waals surface area contributed by atoms with E-state index in [-0.39, 0.29) is 29.4 Å². The molecule has 11 heteroatoms. The van der Waals surface area contributed by atoms with E-state index in [0.29, 0.717) is 18.2 Å². The van der Waals surface area contributed by atoms with E-state index in [4.69, 9.17) is 9.47 Å². The van der Waals surface area contributed by atoms with Gasteiger partial charge >= 0.3 is 0 Å². The normalized spacial score (nSPS) is 30.2. The molecule has 0 spiro atoms. The number of carbonyl (C=O) groups excluding carboxylic acids is 2. The quantitative estimate of drug-likeness (QED) is 0.287. The summed E-state index contributed by atoms with van der Waals surface area (Å²) >= 11 is 0. The highest BCUT2D eigenvalue weighted by atomic mass is 16.7. The van der Waals surface area contributed by atoms with Gasteiger partial charge in [0, 0.05) is 24.1 Å². The molecule has 0 aromatic heterocycles. The summed E-state index contributed by atoms with van der Waals surface area (Å²) in [4.78, 5) is 26.2. The molecule has 0 saturated heterocycles. The zero-order valence-electron chi connectivity index (χ0n) is 19.2. The molecule has 2 aliphatic carbocycles. The summed E-state index contributed by atoms with van der Waals surface area (Å²) in [6.45, 7) is 0.483. The molecule has 2 heterocycles. The van der Waals surface area contributed by atoms with Gasteiger partial charge in [0.05, 0.1) is 17.6 Å². The third kappa shape index (κ3) is 3.75. The van der Waals surface area contributed by atoms with Gasteiger partial charge in [0.1, 0.15) is 18.3 Å². The van der Waals surface area contributed by atoms with E-state index in [0.717, 1.165) is 18.4 Å². The highest BCUT2D eigenvalue weighted by Crippen LogP contribution is 2.50. The highest BCUT2D eigenvalue weighted by Gasteiger charge is 2.54. The fraction of sp³-hybridized carbons (Fsp3) is 0.440. The average molecular weight is 498 g/mol.